The van der Waals surface area contributed by atoms with Crippen LogP contribution in [0.1, 0.15) is 73.8 Å². The second kappa shape index (κ2) is 7.17. The summed E-state index contributed by atoms with van der Waals surface area (Å²) < 4.78 is 0. The van der Waals surface area contributed by atoms with Crippen molar-refractivity contribution in [2.24, 2.45) is 0 Å². The van der Waals surface area contributed by atoms with Gasteiger partial charge < -0.3 is 0 Å². The highest BCUT2D eigenvalue weighted by molar-refractivity contribution is 5.92. The molecule has 2 aromatic carbocycles. The zero-order valence-electron chi connectivity index (χ0n) is 14.7. The standard InChI is InChI=1S/C23H28/c1-4-10-17-13-9-15-22(20(17)11-5-2)23-16-18-12-7-8-14-21(18)19(23)6-3/h7-9,12-16,19H,4-6,10-11H2,1-3H3. The van der Waals surface area contributed by atoms with Gasteiger partial charge in [0.2, 0.25) is 0 Å². The van der Waals surface area contributed by atoms with Gasteiger partial charge in [-0.3, -0.25) is 0 Å². The molecule has 0 spiro atoms. The Balaban J connectivity index is 2.10. The zero-order valence-corrected chi connectivity index (χ0v) is 14.7. The van der Waals surface area contributed by atoms with Crippen molar-refractivity contribution >= 4 is 11.6 Å². The lowest BCUT2D eigenvalue weighted by atomic mass is 9.84. The van der Waals surface area contributed by atoms with E-state index in [1.165, 1.54) is 54.4 Å². The molecule has 1 aliphatic rings. The number of allylic oxidation sites excluding steroid dienone is 1. The molecule has 0 nitrogen and oxygen atoms in total. The molecular formula is C23H28. The average Bonchev–Trinajstić information content (AvgIpc) is 2.95. The predicted octanol–water partition coefficient (Wildman–Crippen LogP) is 6.64. The summed E-state index contributed by atoms with van der Waals surface area (Å²) in [5.74, 6) is 0.554. The molecule has 0 heteroatoms. The maximum absolute atomic E-state index is 2.44. The fourth-order valence-electron chi connectivity index (χ4n) is 4.05. The molecule has 0 aliphatic heterocycles. The van der Waals surface area contributed by atoms with E-state index in [4.69, 9.17) is 0 Å². The molecule has 0 aromatic heterocycles. The van der Waals surface area contributed by atoms with E-state index in [-0.39, 0.29) is 0 Å². The molecule has 1 atom stereocenters. The monoisotopic (exact) mass is 304 g/mol. The zero-order chi connectivity index (χ0) is 16.2. The van der Waals surface area contributed by atoms with Crippen molar-refractivity contribution in [2.75, 3.05) is 0 Å². The highest BCUT2D eigenvalue weighted by Gasteiger charge is 2.26. The van der Waals surface area contributed by atoms with E-state index in [0.717, 1.165) is 0 Å². The van der Waals surface area contributed by atoms with E-state index in [1.807, 2.05) is 0 Å². The Kier molecular flexibility index (Phi) is 5.00. The molecule has 120 valence electrons. The van der Waals surface area contributed by atoms with Crippen LogP contribution >= 0.6 is 0 Å². The van der Waals surface area contributed by atoms with Gasteiger partial charge in [0.25, 0.3) is 0 Å². The first-order valence-electron chi connectivity index (χ1n) is 9.21. The Hall–Kier alpha value is -1.82. The Bertz CT molecular complexity index is 706. The van der Waals surface area contributed by atoms with Crippen molar-refractivity contribution in [3.63, 3.8) is 0 Å². The van der Waals surface area contributed by atoms with Crippen LogP contribution in [-0.2, 0) is 12.8 Å². The van der Waals surface area contributed by atoms with Crippen molar-refractivity contribution in [3.8, 4) is 0 Å². The third-order valence-corrected chi connectivity index (χ3v) is 5.07. The quantitative estimate of drug-likeness (QED) is 0.561. The van der Waals surface area contributed by atoms with Crippen LogP contribution in [-0.4, -0.2) is 0 Å². The van der Waals surface area contributed by atoms with Crippen molar-refractivity contribution in [3.05, 3.63) is 70.3 Å². The topological polar surface area (TPSA) is 0 Å². The second-order valence-electron chi connectivity index (χ2n) is 6.63. The van der Waals surface area contributed by atoms with Crippen LogP contribution in [0.2, 0.25) is 0 Å². The van der Waals surface area contributed by atoms with Crippen molar-refractivity contribution in [2.45, 2.75) is 58.8 Å². The number of rotatable bonds is 6. The lowest BCUT2D eigenvalue weighted by molar-refractivity contribution is 0.822. The molecule has 3 rings (SSSR count). The van der Waals surface area contributed by atoms with Crippen LogP contribution in [0.3, 0.4) is 0 Å². The summed E-state index contributed by atoms with van der Waals surface area (Å²) in [4.78, 5) is 0. The first kappa shape index (κ1) is 16.1. The number of benzene rings is 2. The summed E-state index contributed by atoms with van der Waals surface area (Å²) in [5, 5.41) is 0. The number of hydrogen-bond donors (Lipinski definition) is 0. The Morgan fingerprint density at radius 3 is 2.35 bits per heavy atom. The highest BCUT2D eigenvalue weighted by atomic mass is 14.3. The van der Waals surface area contributed by atoms with Gasteiger partial charge in [0.05, 0.1) is 0 Å². The van der Waals surface area contributed by atoms with E-state index in [0.29, 0.717) is 5.92 Å². The van der Waals surface area contributed by atoms with E-state index < -0.39 is 0 Å². The van der Waals surface area contributed by atoms with E-state index in [1.54, 1.807) is 11.1 Å². The number of hydrogen-bond acceptors (Lipinski definition) is 0. The minimum absolute atomic E-state index is 0.554. The van der Waals surface area contributed by atoms with Gasteiger partial charge in [-0.25, -0.2) is 0 Å². The van der Waals surface area contributed by atoms with Gasteiger partial charge in [-0.15, -0.1) is 0 Å². The minimum Gasteiger partial charge on any atom is -0.0651 e. The van der Waals surface area contributed by atoms with Crippen LogP contribution in [0.25, 0.3) is 11.6 Å². The highest BCUT2D eigenvalue weighted by Crippen LogP contribution is 2.45. The van der Waals surface area contributed by atoms with Crippen LogP contribution in [0.4, 0.5) is 0 Å². The predicted molar refractivity (Wildman–Crippen MR) is 102 cm³/mol. The smallest absolute Gasteiger partial charge is 0.00989 e. The van der Waals surface area contributed by atoms with Crippen molar-refractivity contribution in [1.82, 2.24) is 0 Å². The summed E-state index contributed by atoms with van der Waals surface area (Å²) in [6.07, 6.45) is 8.43. The fraction of sp³-hybridized carbons (Fsp3) is 0.391. The second-order valence-corrected chi connectivity index (χ2v) is 6.63. The SMILES string of the molecule is CCCc1cccc(C2=Cc3ccccc3C2CC)c1CCC. The Morgan fingerprint density at radius 2 is 1.61 bits per heavy atom. The van der Waals surface area contributed by atoms with E-state index in [9.17, 15) is 0 Å². The first-order chi connectivity index (χ1) is 11.3. The van der Waals surface area contributed by atoms with Gasteiger partial charge in [-0.2, -0.15) is 0 Å². The molecule has 0 saturated carbocycles. The fourth-order valence-corrected chi connectivity index (χ4v) is 4.05. The number of aryl methyl sites for hydroxylation is 1. The number of fused-ring (bicyclic) bond motifs is 1. The molecule has 2 aromatic rings. The summed E-state index contributed by atoms with van der Waals surface area (Å²) in [5.41, 5.74) is 9.11. The molecule has 0 radical (unpaired) electrons. The summed E-state index contributed by atoms with van der Waals surface area (Å²) >= 11 is 0. The lowest BCUT2D eigenvalue weighted by Gasteiger charge is -2.20. The molecular weight excluding hydrogens is 276 g/mol. The van der Waals surface area contributed by atoms with Gasteiger partial charge in [0.15, 0.2) is 0 Å². The Morgan fingerprint density at radius 1 is 0.826 bits per heavy atom. The lowest BCUT2D eigenvalue weighted by Crippen LogP contribution is -2.03. The maximum Gasteiger partial charge on any atom is 0.00989 e. The van der Waals surface area contributed by atoms with E-state index in [2.05, 4.69) is 69.3 Å². The van der Waals surface area contributed by atoms with Gasteiger partial charge in [-0.1, -0.05) is 82.2 Å². The molecule has 0 N–H and O–H groups in total. The van der Waals surface area contributed by atoms with Crippen LogP contribution < -0.4 is 0 Å². The molecule has 0 fully saturated rings. The third kappa shape index (κ3) is 3.00. The molecule has 0 saturated heterocycles. The van der Waals surface area contributed by atoms with E-state index >= 15 is 0 Å². The largest absolute Gasteiger partial charge is 0.0651 e. The van der Waals surface area contributed by atoms with Gasteiger partial charge in [-0.05, 0) is 52.7 Å². The van der Waals surface area contributed by atoms with Gasteiger partial charge in [0.1, 0.15) is 0 Å². The summed E-state index contributed by atoms with van der Waals surface area (Å²) in [6, 6.07) is 15.9. The molecule has 23 heavy (non-hydrogen) atoms. The molecule has 0 heterocycles. The van der Waals surface area contributed by atoms with Crippen LogP contribution in [0.5, 0.6) is 0 Å². The third-order valence-electron chi connectivity index (χ3n) is 5.07. The molecule has 1 unspecified atom stereocenters. The average molecular weight is 304 g/mol. The van der Waals surface area contributed by atoms with Crippen LogP contribution in [0.15, 0.2) is 42.5 Å². The van der Waals surface area contributed by atoms with Crippen molar-refractivity contribution in [1.29, 1.82) is 0 Å². The molecule has 1 aliphatic carbocycles. The maximum atomic E-state index is 2.44. The Labute approximate surface area is 141 Å². The van der Waals surface area contributed by atoms with Crippen LogP contribution in [0, 0.1) is 0 Å². The normalized spacial score (nSPS) is 16.3. The molecule has 0 bridgehead atoms. The molecule has 0 amide bonds. The minimum atomic E-state index is 0.554. The van der Waals surface area contributed by atoms with Crippen molar-refractivity contribution < 1.29 is 0 Å². The summed E-state index contributed by atoms with van der Waals surface area (Å²) in [7, 11) is 0. The first-order valence-corrected chi connectivity index (χ1v) is 9.21. The van der Waals surface area contributed by atoms with Gasteiger partial charge in [0, 0.05) is 5.92 Å². The summed E-state index contributed by atoms with van der Waals surface area (Å²) in [6.45, 7) is 6.89. The van der Waals surface area contributed by atoms with Gasteiger partial charge >= 0.3 is 0 Å².